The Morgan fingerprint density at radius 1 is 1.24 bits per heavy atom. The molecule has 0 radical (unpaired) electrons. The van der Waals surface area contributed by atoms with Crippen LogP contribution in [0.5, 0.6) is 5.75 Å². The largest absolute Gasteiger partial charge is 0.482 e. The molecule has 0 atom stereocenters. The Morgan fingerprint density at radius 3 is 2.62 bits per heavy atom. The molecule has 2 rings (SSSR count). The molecule has 0 aliphatic rings. The van der Waals surface area contributed by atoms with Gasteiger partial charge in [-0.05, 0) is 22.9 Å². The molecule has 0 saturated heterocycles. The fourth-order valence-electron chi connectivity index (χ4n) is 1.47. The highest BCUT2D eigenvalue weighted by molar-refractivity contribution is 7.14. The number of rotatable bonds is 6. The van der Waals surface area contributed by atoms with E-state index in [2.05, 4.69) is 5.32 Å². The van der Waals surface area contributed by atoms with E-state index in [4.69, 9.17) is 15.6 Å². The first-order chi connectivity index (χ1) is 9.99. The molecule has 0 aromatic carbocycles. The SMILES string of the molecule is NC(=O)c1ccsc1NC(=O)COc1ccsc1C(=O)O. The predicted octanol–water partition coefficient (Wildman–Crippen LogP) is 1.62. The lowest BCUT2D eigenvalue weighted by Gasteiger charge is -2.06. The summed E-state index contributed by atoms with van der Waals surface area (Å²) >= 11 is 2.16. The molecule has 2 aromatic heterocycles. The van der Waals surface area contributed by atoms with Crippen LogP contribution < -0.4 is 15.8 Å². The van der Waals surface area contributed by atoms with E-state index >= 15 is 0 Å². The quantitative estimate of drug-likeness (QED) is 0.745. The van der Waals surface area contributed by atoms with Crippen LogP contribution in [0.4, 0.5) is 5.00 Å². The van der Waals surface area contributed by atoms with Gasteiger partial charge in [0.25, 0.3) is 11.8 Å². The van der Waals surface area contributed by atoms with Gasteiger partial charge in [0.05, 0.1) is 5.56 Å². The van der Waals surface area contributed by atoms with Gasteiger partial charge in [-0.2, -0.15) is 0 Å². The van der Waals surface area contributed by atoms with Gasteiger partial charge in [-0.3, -0.25) is 9.59 Å². The van der Waals surface area contributed by atoms with Crippen molar-refractivity contribution in [3.63, 3.8) is 0 Å². The van der Waals surface area contributed by atoms with Gasteiger partial charge in [-0.1, -0.05) is 0 Å². The second-order valence-electron chi connectivity index (χ2n) is 3.78. The summed E-state index contributed by atoms with van der Waals surface area (Å²) in [6.07, 6.45) is 0. The van der Waals surface area contributed by atoms with Crippen molar-refractivity contribution in [3.05, 3.63) is 33.3 Å². The number of carboxylic acid groups (broad SMARTS) is 1. The lowest BCUT2D eigenvalue weighted by atomic mass is 10.3. The minimum Gasteiger partial charge on any atom is -0.482 e. The van der Waals surface area contributed by atoms with Crippen molar-refractivity contribution in [1.82, 2.24) is 0 Å². The molecule has 0 spiro atoms. The van der Waals surface area contributed by atoms with Gasteiger partial charge >= 0.3 is 5.97 Å². The Kier molecular flexibility index (Phi) is 4.55. The number of aromatic carboxylic acids is 1. The molecule has 4 N–H and O–H groups in total. The number of amides is 2. The van der Waals surface area contributed by atoms with Crippen LogP contribution in [0, 0.1) is 0 Å². The smallest absolute Gasteiger partial charge is 0.349 e. The van der Waals surface area contributed by atoms with Gasteiger partial charge < -0.3 is 20.9 Å². The highest BCUT2D eigenvalue weighted by Crippen LogP contribution is 2.25. The zero-order valence-electron chi connectivity index (χ0n) is 10.5. The molecule has 2 aromatic rings. The molecule has 2 amide bonds. The third-order valence-corrected chi connectivity index (χ3v) is 4.08. The van der Waals surface area contributed by atoms with E-state index < -0.39 is 17.8 Å². The first kappa shape index (κ1) is 15.0. The number of hydrogen-bond acceptors (Lipinski definition) is 6. The van der Waals surface area contributed by atoms with E-state index in [1.165, 1.54) is 12.1 Å². The normalized spacial score (nSPS) is 10.1. The topological polar surface area (TPSA) is 119 Å². The van der Waals surface area contributed by atoms with E-state index in [0.717, 1.165) is 22.7 Å². The maximum Gasteiger partial charge on any atom is 0.349 e. The Hall–Kier alpha value is -2.39. The maximum atomic E-state index is 11.7. The van der Waals surface area contributed by atoms with Gasteiger partial charge in [-0.25, -0.2) is 4.79 Å². The zero-order valence-corrected chi connectivity index (χ0v) is 12.1. The number of carboxylic acids is 1. The highest BCUT2D eigenvalue weighted by Gasteiger charge is 2.16. The monoisotopic (exact) mass is 326 g/mol. The summed E-state index contributed by atoms with van der Waals surface area (Å²) in [5.41, 5.74) is 5.38. The predicted molar refractivity (Wildman–Crippen MR) is 78.2 cm³/mol. The molecule has 21 heavy (non-hydrogen) atoms. The Balaban J connectivity index is 1.96. The van der Waals surface area contributed by atoms with Crippen molar-refractivity contribution in [3.8, 4) is 5.75 Å². The van der Waals surface area contributed by atoms with Crippen molar-refractivity contribution in [2.45, 2.75) is 0 Å². The van der Waals surface area contributed by atoms with Crippen molar-refractivity contribution in [2.75, 3.05) is 11.9 Å². The fraction of sp³-hybridized carbons (Fsp3) is 0.0833. The third-order valence-electron chi connectivity index (χ3n) is 2.37. The summed E-state index contributed by atoms with van der Waals surface area (Å²) in [6.45, 7) is -0.368. The molecule has 7 nitrogen and oxygen atoms in total. The van der Waals surface area contributed by atoms with E-state index in [1.807, 2.05) is 0 Å². The van der Waals surface area contributed by atoms with Crippen LogP contribution in [0.2, 0.25) is 0 Å². The molecule has 0 saturated carbocycles. The van der Waals surface area contributed by atoms with Gasteiger partial charge in [0, 0.05) is 0 Å². The molecule has 2 heterocycles. The van der Waals surface area contributed by atoms with E-state index in [-0.39, 0.29) is 22.8 Å². The number of nitrogens with two attached hydrogens (primary N) is 1. The summed E-state index contributed by atoms with van der Waals surface area (Å²) in [7, 11) is 0. The highest BCUT2D eigenvalue weighted by atomic mass is 32.1. The van der Waals surface area contributed by atoms with Crippen LogP contribution >= 0.6 is 22.7 Å². The van der Waals surface area contributed by atoms with Crippen LogP contribution in [0.1, 0.15) is 20.0 Å². The molecule has 0 aliphatic carbocycles. The first-order valence-electron chi connectivity index (χ1n) is 5.59. The summed E-state index contributed by atoms with van der Waals surface area (Å²) in [6, 6.07) is 2.98. The first-order valence-corrected chi connectivity index (χ1v) is 7.35. The number of nitrogens with one attached hydrogen (secondary N) is 1. The summed E-state index contributed by atoms with van der Waals surface area (Å²) in [4.78, 5) is 33.8. The molecule has 110 valence electrons. The lowest BCUT2D eigenvalue weighted by Crippen LogP contribution is -2.22. The second-order valence-corrected chi connectivity index (χ2v) is 5.62. The number of ether oxygens (including phenoxy) is 1. The molecule has 9 heteroatoms. The Morgan fingerprint density at radius 2 is 1.95 bits per heavy atom. The summed E-state index contributed by atoms with van der Waals surface area (Å²) < 4.78 is 5.16. The molecular weight excluding hydrogens is 316 g/mol. The van der Waals surface area contributed by atoms with Crippen molar-refractivity contribution in [1.29, 1.82) is 0 Å². The van der Waals surface area contributed by atoms with E-state index in [1.54, 1.807) is 10.8 Å². The number of anilines is 1. The number of primary amides is 1. The van der Waals surface area contributed by atoms with Crippen LogP contribution in [0.15, 0.2) is 22.9 Å². The van der Waals surface area contributed by atoms with Crippen molar-refractivity contribution >= 4 is 45.5 Å². The maximum absolute atomic E-state index is 11.7. The summed E-state index contributed by atoms with van der Waals surface area (Å²) in [5, 5.41) is 14.9. The van der Waals surface area contributed by atoms with Crippen LogP contribution in [-0.4, -0.2) is 29.5 Å². The minimum atomic E-state index is -1.12. The van der Waals surface area contributed by atoms with Gasteiger partial charge in [0.2, 0.25) is 0 Å². The van der Waals surface area contributed by atoms with Gasteiger partial charge in [0.1, 0.15) is 10.8 Å². The third kappa shape index (κ3) is 3.58. The lowest BCUT2D eigenvalue weighted by molar-refractivity contribution is -0.118. The van der Waals surface area contributed by atoms with Gasteiger partial charge in [-0.15, -0.1) is 22.7 Å². The molecular formula is C12H10N2O5S2. The van der Waals surface area contributed by atoms with Crippen LogP contribution in [-0.2, 0) is 4.79 Å². The molecule has 0 aliphatic heterocycles. The fourth-order valence-corrected chi connectivity index (χ4v) is 2.95. The van der Waals surface area contributed by atoms with E-state index in [9.17, 15) is 14.4 Å². The second kappa shape index (κ2) is 6.37. The van der Waals surface area contributed by atoms with Crippen molar-refractivity contribution in [2.24, 2.45) is 5.73 Å². The van der Waals surface area contributed by atoms with Crippen LogP contribution in [0.25, 0.3) is 0 Å². The van der Waals surface area contributed by atoms with E-state index in [0.29, 0.717) is 5.00 Å². The molecule has 0 bridgehead atoms. The average molecular weight is 326 g/mol. The Labute approximate surface area is 127 Å². The standard InChI is InChI=1S/C12H10N2O5S2/c13-10(16)6-1-3-21-11(6)14-8(15)5-19-7-2-4-20-9(7)12(17)18/h1-4H,5H2,(H2,13,16)(H,14,15)(H,17,18). The van der Waals surface area contributed by atoms with Crippen LogP contribution in [0.3, 0.4) is 0 Å². The summed E-state index contributed by atoms with van der Waals surface area (Å²) in [5.74, 6) is -2.14. The number of hydrogen-bond donors (Lipinski definition) is 3. The number of thiophene rings is 2. The van der Waals surface area contributed by atoms with Gasteiger partial charge in [0.15, 0.2) is 11.5 Å². The van der Waals surface area contributed by atoms with Crippen molar-refractivity contribution < 1.29 is 24.2 Å². The average Bonchev–Trinajstić information content (AvgIpc) is 3.04. The molecule has 0 fully saturated rings. The molecule has 0 unspecified atom stereocenters. The number of carbonyl (C=O) groups excluding carboxylic acids is 2. The minimum absolute atomic E-state index is 0.0248. The number of carbonyl (C=O) groups is 3. The zero-order chi connectivity index (χ0) is 15.4. The Bertz CT molecular complexity index is 691.